The summed E-state index contributed by atoms with van der Waals surface area (Å²) in [7, 11) is 0. The van der Waals surface area contributed by atoms with Gasteiger partial charge in [0.25, 0.3) is 0 Å². The summed E-state index contributed by atoms with van der Waals surface area (Å²) in [6.45, 7) is 12.5. The standard InChI is InChI=1S/C26H42O/c1-23(2)21-11-10-19-20(26(21,5)14-12-22(23)27)9-8-18-17-7-6-13-24(17,3)15-16-25(18,19)4/h17-21H,6-16H2,1-5H3/t17?,18?,19?,20?,21?,24?,25-,26?/m1/s1. The molecule has 1 heteroatoms. The molecule has 0 aliphatic heterocycles. The summed E-state index contributed by atoms with van der Waals surface area (Å²) in [5.41, 5.74) is 1.56. The first kappa shape index (κ1) is 18.7. The molecule has 0 bridgehead atoms. The van der Waals surface area contributed by atoms with Gasteiger partial charge >= 0.3 is 0 Å². The second-order valence-corrected chi connectivity index (χ2v) is 12.8. The van der Waals surface area contributed by atoms with Crippen molar-refractivity contribution < 1.29 is 4.79 Å². The minimum Gasteiger partial charge on any atom is -0.299 e. The average Bonchev–Trinajstić information content (AvgIpc) is 3.00. The van der Waals surface area contributed by atoms with Crippen LogP contribution in [-0.4, -0.2) is 5.78 Å². The maximum absolute atomic E-state index is 12.7. The van der Waals surface area contributed by atoms with Gasteiger partial charge in [-0.05, 0) is 104 Å². The molecule has 1 nitrogen and oxygen atoms in total. The molecule has 0 N–H and O–H groups in total. The molecule has 5 fully saturated rings. The predicted octanol–water partition coefficient (Wildman–Crippen LogP) is 7.04. The van der Waals surface area contributed by atoms with E-state index in [0.29, 0.717) is 27.9 Å². The van der Waals surface area contributed by atoms with Gasteiger partial charge in [-0.25, -0.2) is 0 Å². The fourth-order valence-corrected chi connectivity index (χ4v) is 10.2. The lowest BCUT2D eigenvalue weighted by atomic mass is 9.37. The molecule has 0 aromatic rings. The molecule has 5 saturated carbocycles. The summed E-state index contributed by atoms with van der Waals surface area (Å²) in [5, 5.41) is 0. The number of carbonyl (C=O) groups excluding carboxylic acids is 1. The van der Waals surface area contributed by atoms with Gasteiger partial charge in [-0.15, -0.1) is 0 Å². The Kier molecular flexibility index (Phi) is 3.90. The molecule has 5 rings (SSSR count). The van der Waals surface area contributed by atoms with Crippen LogP contribution < -0.4 is 0 Å². The highest BCUT2D eigenvalue weighted by Crippen LogP contribution is 2.72. The molecular weight excluding hydrogens is 328 g/mol. The molecule has 0 aromatic heterocycles. The third-order valence-corrected chi connectivity index (χ3v) is 11.7. The van der Waals surface area contributed by atoms with E-state index in [0.717, 1.165) is 30.1 Å². The van der Waals surface area contributed by atoms with Crippen molar-refractivity contribution in [1.82, 2.24) is 0 Å². The molecule has 27 heavy (non-hydrogen) atoms. The Morgan fingerprint density at radius 1 is 0.667 bits per heavy atom. The largest absolute Gasteiger partial charge is 0.299 e. The number of ketones is 1. The van der Waals surface area contributed by atoms with Gasteiger partial charge in [0.05, 0.1) is 0 Å². The lowest BCUT2D eigenvalue weighted by molar-refractivity contribution is -0.188. The number of hydrogen-bond donors (Lipinski definition) is 0. The second kappa shape index (κ2) is 5.63. The molecule has 8 atom stereocenters. The number of Topliss-reactive ketones (excluding diaryl/α,β-unsaturated/α-hetero) is 1. The van der Waals surface area contributed by atoms with Crippen molar-refractivity contribution in [3.8, 4) is 0 Å². The van der Waals surface area contributed by atoms with Crippen LogP contribution in [0.4, 0.5) is 0 Å². The van der Waals surface area contributed by atoms with Crippen molar-refractivity contribution in [2.75, 3.05) is 0 Å². The van der Waals surface area contributed by atoms with Crippen molar-refractivity contribution in [3.63, 3.8) is 0 Å². The normalized spacial score (nSPS) is 56.6. The zero-order chi connectivity index (χ0) is 19.2. The van der Waals surface area contributed by atoms with Crippen LogP contribution in [-0.2, 0) is 4.79 Å². The van der Waals surface area contributed by atoms with E-state index in [1.165, 1.54) is 64.2 Å². The van der Waals surface area contributed by atoms with Gasteiger partial charge in [0.2, 0.25) is 0 Å². The minimum absolute atomic E-state index is 0.0910. The van der Waals surface area contributed by atoms with E-state index in [9.17, 15) is 4.79 Å². The Labute approximate surface area is 167 Å². The third-order valence-electron chi connectivity index (χ3n) is 11.7. The van der Waals surface area contributed by atoms with Gasteiger partial charge in [-0.3, -0.25) is 4.79 Å². The molecule has 7 unspecified atom stereocenters. The Balaban J connectivity index is 1.49. The molecule has 0 radical (unpaired) electrons. The summed E-state index contributed by atoms with van der Waals surface area (Å²) >= 11 is 0. The van der Waals surface area contributed by atoms with E-state index in [4.69, 9.17) is 0 Å². The molecule has 0 heterocycles. The van der Waals surface area contributed by atoms with Crippen LogP contribution in [0.25, 0.3) is 0 Å². The molecule has 5 aliphatic carbocycles. The van der Waals surface area contributed by atoms with Gasteiger partial charge in [0, 0.05) is 11.8 Å². The molecule has 0 amide bonds. The van der Waals surface area contributed by atoms with Gasteiger partial charge in [0.15, 0.2) is 0 Å². The fraction of sp³-hybridized carbons (Fsp3) is 0.962. The molecule has 152 valence electrons. The van der Waals surface area contributed by atoms with Crippen molar-refractivity contribution in [3.05, 3.63) is 0 Å². The van der Waals surface area contributed by atoms with Crippen LogP contribution in [0, 0.1) is 51.2 Å². The first-order valence-corrected chi connectivity index (χ1v) is 12.2. The first-order valence-electron chi connectivity index (χ1n) is 12.2. The first-order chi connectivity index (χ1) is 12.6. The highest BCUT2D eigenvalue weighted by Gasteiger charge is 2.65. The van der Waals surface area contributed by atoms with E-state index < -0.39 is 0 Å². The highest BCUT2D eigenvalue weighted by molar-refractivity contribution is 5.85. The summed E-state index contributed by atoms with van der Waals surface area (Å²) in [6.07, 6.45) is 15.1. The van der Waals surface area contributed by atoms with E-state index in [2.05, 4.69) is 34.6 Å². The van der Waals surface area contributed by atoms with Crippen molar-refractivity contribution >= 4 is 5.78 Å². The molecule has 0 spiro atoms. The van der Waals surface area contributed by atoms with Crippen LogP contribution in [0.2, 0.25) is 0 Å². The lowest BCUT2D eigenvalue weighted by Gasteiger charge is -2.67. The highest BCUT2D eigenvalue weighted by atomic mass is 16.1. The topological polar surface area (TPSA) is 17.1 Å². The maximum Gasteiger partial charge on any atom is 0.138 e. The van der Waals surface area contributed by atoms with Gasteiger partial charge < -0.3 is 0 Å². The van der Waals surface area contributed by atoms with Crippen LogP contribution in [0.1, 0.15) is 105 Å². The molecule has 0 saturated heterocycles. The van der Waals surface area contributed by atoms with Crippen LogP contribution in [0.15, 0.2) is 0 Å². The maximum atomic E-state index is 12.7. The van der Waals surface area contributed by atoms with Crippen LogP contribution in [0.3, 0.4) is 0 Å². The quantitative estimate of drug-likeness (QED) is 0.447. The van der Waals surface area contributed by atoms with Crippen molar-refractivity contribution in [2.45, 2.75) is 105 Å². The monoisotopic (exact) mass is 370 g/mol. The Morgan fingerprint density at radius 3 is 2.04 bits per heavy atom. The van der Waals surface area contributed by atoms with E-state index in [-0.39, 0.29) is 5.41 Å². The SMILES string of the molecule is CC12CCCC1C1CCC3C(CCC4C(C)(C)C(=O)CCC34C)[C@]1(C)CC2. The summed E-state index contributed by atoms with van der Waals surface area (Å²) < 4.78 is 0. The Bertz CT molecular complexity index is 649. The van der Waals surface area contributed by atoms with Gasteiger partial charge in [0.1, 0.15) is 5.78 Å². The van der Waals surface area contributed by atoms with Gasteiger partial charge in [-0.2, -0.15) is 0 Å². The number of rotatable bonds is 0. The van der Waals surface area contributed by atoms with E-state index in [1.807, 2.05) is 0 Å². The predicted molar refractivity (Wildman–Crippen MR) is 111 cm³/mol. The number of fused-ring (bicyclic) bond motifs is 7. The van der Waals surface area contributed by atoms with Gasteiger partial charge in [-0.1, -0.05) is 41.0 Å². The number of carbonyl (C=O) groups is 1. The second-order valence-electron chi connectivity index (χ2n) is 12.8. The molecule has 0 aromatic carbocycles. The number of hydrogen-bond acceptors (Lipinski definition) is 1. The smallest absolute Gasteiger partial charge is 0.138 e. The summed E-state index contributed by atoms with van der Waals surface area (Å²) in [5.74, 6) is 4.95. The molecule has 5 aliphatic rings. The third kappa shape index (κ3) is 2.27. The fourth-order valence-electron chi connectivity index (χ4n) is 10.2. The lowest BCUT2D eigenvalue weighted by Crippen LogP contribution is -2.61. The minimum atomic E-state index is -0.0910. The van der Waals surface area contributed by atoms with E-state index >= 15 is 0 Å². The van der Waals surface area contributed by atoms with E-state index in [1.54, 1.807) is 0 Å². The Morgan fingerprint density at radius 2 is 1.30 bits per heavy atom. The Hall–Kier alpha value is -0.330. The summed E-state index contributed by atoms with van der Waals surface area (Å²) in [4.78, 5) is 12.7. The van der Waals surface area contributed by atoms with Crippen LogP contribution >= 0.6 is 0 Å². The zero-order valence-corrected chi connectivity index (χ0v) is 18.6. The summed E-state index contributed by atoms with van der Waals surface area (Å²) in [6, 6.07) is 0. The van der Waals surface area contributed by atoms with Crippen molar-refractivity contribution in [1.29, 1.82) is 0 Å². The molecular formula is C26H42O. The van der Waals surface area contributed by atoms with Crippen molar-refractivity contribution in [2.24, 2.45) is 51.2 Å². The average molecular weight is 371 g/mol. The van der Waals surface area contributed by atoms with Crippen LogP contribution in [0.5, 0.6) is 0 Å². The zero-order valence-electron chi connectivity index (χ0n) is 18.6.